The third-order valence-corrected chi connectivity index (χ3v) is 2.76. The molecule has 1 heterocycles. The number of nitrogens with two attached hydrogens (primary N) is 1. The van der Waals surface area contributed by atoms with Crippen LogP contribution >= 0.6 is 0 Å². The number of amidine groups is 1. The molecule has 0 radical (unpaired) electrons. The molecule has 0 aliphatic carbocycles. The zero-order valence-corrected chi connectivity index (χ0v) is 10.6. The summed E-state index contributed by atoms with van der Waals surface area (Å²) in [4.78, 5) is 4.62. The molecule has 0 saturated carbocycles. The SMILES string of the molecule is CC1(C)CC(N=C(N)C(C)(C)C)CCO1. The van der Waals surface area contributed by atoms with Gasteiger partial charge >= 0.3 is 0 Å². The van der Waals surface area contributed by atoms with Crippen molar-refractivity contribution in [1.29, 1.82) is 0 Å². The van der Waals surface area contributed by atoms with E-state index in [-0.39, 0.29) is 11.0 Å². The van der Waals surface area contributed by atoms with Gasteiger partial charge in [-0.1, -0.05) is 20.8 Å². The summed E-state index contributed by atoms with van der Waals surface area (Å²) in [5.41, 5.74) is 5.90. The third-order valence-electron chi connectivity index (χ3n) is 2.76. The van der Waals surface area contributed by atoms with E-state index in [0.29, 0.717) is 6.04 Å². The van der Waals surface area contributed by atoms with Crippen molar-refractivity contribution >= 4 is 5.84 Å². The lowest BCUT2D eigenvalue weighted by Gasteiger charge is -2.34. The molecule has 15 heavy (non-hydrogen) atoms. The van der Waals surface area contributed by atoms with Crippen LogP contribution in [0, 0.1) is 5.41 Å². The zero-order chi connectivity index (χ0) is 11.7. The number of ether oxygens (including phenoxy) is 1. The second-order valence-electron chi connectivity index (χ2n) is 6.02. The minimum absolute atomic E-state index is 0.0254. The van der Waals surface area contributed by atoms with Gasteiger partial charge in [-0.15, -0.1) is 0 Å². The standard InChI is InChI=1S/C12H24N2O/c1-11(2,3)10(13)14-9-6-7-15-12(4,5)8-9/h9H,6-8H2,1-5H3,(H2,13,14). The Balaban J connectivity index is 2.66. The van der Waals surface area contributed by atoms with Gasteiger partial charge in [-0.25, -0.2) is 0 Å². The summed E-state index contributed by atoms with van der Waals surface area (Å²) in [6, 6.07) is 0.327. The first-order valence-electron chi connectivity index (χ1n) is 5.68. The Morgan fingerprint density at radius 3 is 2.47 bits per heavy atom. The van der Waals surface area contributed by atoms with Crippen molar-refractivity contribution in [2.24, 2.45) is 16.1 Å². The summed E-state index contributed by atoms with van der Waals surface area (Å²) >= 11 is 0. The van der Waals surface area contributed by atoms with Gasteiger partial charge in [0.2, 0.25) is 0 Å². The monoisotopic (exact) mass is 212 g/mol. The Morgan fingerprint density at radius 2 is 2.00 bits per heavy atom. The Labute approximate surface area is 93.1 Å². The lowest BCUT2D eigenvalue weighted by atomic mass is 9.92. The van der Waals surface area contributed by atoms with Gasteiger partial charge in [0.1, 0.15) is 0 Å². The van der Waals surface area contributed by atoms with Crippen LogP contribution in [-0.4, -0.2) is 24.1 Å². The zero-order valence-electron chi connectivity index (χ0n) is 10.6. The fourth-order valence-corrected chi connectivity index (χ4v) is 1.70. The highest BCUT2D eigenvalue weighted by atomic mass is 16.5. The van der Waals surface area contributed by atoms with Gasteiger partial charge in [0.25, 0.3) is 0 Å². The van der Waals surface area contributed by atoms with Crippen molar-refractivity contribution in [1.82, 2.24) is 0 Å². The quantitative estimate of drug-likeness (QED) is 0.536. The van der Waals surface area contributed by atoms with Gasteiger partial charge in [-0.3, -0.25) is 4.99 Å². The number of rotatable bonds is 1. The lowest BCUT2D eigenvalue weighted by molar-refractivity contribution is -0.0576. The molecule has 1 saturated heterocycles. The van der Waals surface area contributed by atoms with Crippen molar-refractivity contribution in [3.8, 4) is 0 Å². The normalized spacial score (nSPS) is 27.8. The summed E-state index contributed by atoms with van der Waals surface area (Å²) in [5.74, 6) is 0.755. The van der Waals surface area contributed by atoms with Gasteiger partial charge < -0.3 is 10.5 Å². The highest BCUT2D eigenvalue weighted by Crippen LogP contribution is 2.27. The van der Waals surface area contributed by atoms with E-state index in [9.17, 15) is 0 Å². The maximum absolute atomic E-state index is 5.98. The van der Waals surface area contributed by atoms with Gasteiger partial charge in [-0.2, -0.15) is 0 Å². The molecule has 3 nitrogen and oxygen atoms in total. The summed E-state index contributed by atoms with van der Waals surface area (Å²) in [7, 11) is 0. The summed E-state index contributed by atoms with van der Waals surface area (Å²) in [6.45, 7) is 11.3. The molecule has 1 unspecified atom stereocenters. The topological polar surface area (TPSA) is 47.6 Å². The highest BCUT2D eigenvalue weighted by molar-refractivity contribution is 5.85. The lowest BCUT2D eigenvalue weighted by Crippen LogP contribution is -2.38. The molecule has 2 N–H and O–H groups in total. The van der Waals surface area contributed by atoms with Crippen molar-refractivity contribution in [3.63, 3.8) is 0 Å². The van der Waals surface area contributed by atoms with Crippen LogP contribution in [0.15, 0.2) is 4.99 Å². The molecule has 1 fully saturated rings. The molecule has 88 valence electrons. The van der Waals surface area contributed by atoms with Crippen molar-refractivity contribution < 1.29 is 4.74 Å². The molecule has 1 atom stereocenters. The minimum atomic E-state index is -0.0510. The van der Waals surface area contributed by atoms with Crippen molar-refractivity contribution in [2.75, 3.05) is 6.61 Å². The second kappa shape index (κ2) is 4.12. The van der Waals surface area contributed by atoms with Gasteiger partial charge in [0.15, 0.2) is 0 Å². The Morgan fingerprint density at radius 1 is 1.40 bits per heavy atom. The third kappa shape index (κ3) is 3.82. The van der Waals surface area contributed by atoms with Crippen LogP contribution in [-0.2, 0) is 4.74 Å². The molecule has 1 aliphatic rings. The predicted octanol–water partition coefficient (Wildman–Crippen LogP) is 2.35. The van der Waals surface area contributed by atoms with Crippen LogP contribution in [0.3, 0.4) is 0 Å². The molecule has 1 aliphatic heterocycles. The smallest absolute Gasteiger partial charge is 0.0994 e. The molecule has 0 bridgehead atoms. The van der Waals surface area contributed by atoms with E-state index in [4.69, 9.17) is 10.5 Å². The van der Waals surface area contributed by atoms with Crippen LogP contribution in [0.4, 0.5) is 0 Å². The fraction of sp³-hybridized carbons (Fsp3) is 0.917. The van der Waals surface area contributed by atoms with E-state index in [1.165, 1.54) is 0 Å². The van der Waals surface area contributed by atoms with Gasteiger partial charge in [-0.05, 0) is 26.7 Å². The molecule has 3 heteroatoms. The second-order valence-corrected chi connectivity index (χ2v) is 6.02. The summed E-state index contributed by atoms with van der Waals surface area (Å²) in [6.07, 6.45) is 1.95. The predicted molar refractivity (Wildman–Crippen MR) is 64.1 cm³/mol. The average Bonchev–Trinajstić information content (AvgIpc) is 2.00. The molecule has 0 aromatic rings. The van der Waals surface area contributed by atoms with Crippen LogP contribution in [0.1, 0.15) is 47.5 Å². The molecular formula is C12H24N2O. The molecule has 0 aromatic heterocycles. The van der Waals surface area contributed by atoms with Crippen LogP contribution < -0.4 is 5.73 Å². The van der Waals surface area contributed by atoms with E-state index in [0.717, 1.165) is 25.3 Å². The van der Waals surface area contributed by atoms with Gasteiger partial charge in [0.05, 0.1) is 17.5 Å². The Bertz CT molecular complexity index is 251. The first-order valence-corrected chi connectivity index (χ1v) is 5.68. The molecule has 1 rings (SSSR count). The van der Waals surface area contributed by atoms with Crippen molar-refractivity contribution in [3.05, 3.63) is 0 Å². The summed E-state index contributed by atoms with van der Waals surface area (Å²) < 4.78 is 5.65. The fourth-order valence-electron chi connectivity index (χ4n) is 1.70. The Hall–Kier alpha value is -0.570. The Kier molecular flexibility index (Phi) is 3.44. The van der Waals surface area contributed by atoms with E-state index < -0.39 is 0 Å². The number of aliphatic imine (C=N–C) groups is 1. The number of hydrogen-bond acceptors (Lipinski definition) is 2. The number of nitrogens with zero attached hydrogens (tertiary/aromatic N) is 1. The maximum atomic E-state index is 5.98. The van der Waals surface area contributed by atoms with E-state index >= 15 is 0 Å². The van der Waals surface area contributed by atoms with E-state index in [1.807, 2.05) is 0 Å². The minimum Gasteiger partial charge on any atom is -0.387 e. The van der Waals surface area contributed by atoms with Crippen LogP contribution in [0.2, 0.25) is 0 Å². The molecular weight excluding hydrogens is 188 g/mol. The van der Waals surface area contributed by atoms with Crippen LogP contribution in [0.25, 0.3) is 0 Å². The highest BCUT2D eigenvalue weighted by Gasteiger charge is 2.29. The van der Waals surface area contributed by atoms with Crippen molar-refractivity contribution in [2.45, 2.75) is 59.1 Å². The maximum Gasteiger partial charge on any atom is 0.0994 e. The van der Waals surface area contributed by atoms with Gasteiger partial charge in [0, 0.05) is 12.0 Å². The number of hydrogen-bond donors (Lipinski definition) is 1. The first-order chi connectivity index (χ1) is 6.71. The molecule has 0 aromatic carbocycles. The van der Waals surface area contributed by atoms with E-state index in [2.05, 4.69) is 39.6 Å². The van der Waals surface area contributed by atoms with E-state index in [1.54, 1.807) is 0 Å². The first kappa shape index (κ1) is 12.5. The summed E-state index contributed by atoms with van der Waals surface area (Å²) in [5, 5.41) is 0. The molecule has 0 amide bonds. The average molecular weight is 212 g/mol. The molecule has 0 spiro atoms. The largest absolute Gasteiger partial charge is 0.387 e. The van der Waals surface area contributed by atoms with Crippen LogP contribution in [0.5, 0.6) is 0 Å².